The van der Waals surface area contributed by atoms with Gasteiger partial charge in [-0.15, -0.1) is 0 Å². The van der Waals surface area contributed by atoms with E-state index in [0.29, 0.717) is 25.8 Å². The summed E-state index contributed by atoms with van der Waals surface area (Å²) in [6.07, 6.45) is 7.02. The van der Waals surface area contributed by atoms with E-state index in [9.17, 15) is 14.4 Å². The smallest absolute Gasteiger partial charge is 0.303 e. The number of benzene rings is 2. The largest absolute Gasteiger partial charge is 0.481 e. The molecule has 0 aromatic heterocycles. The van der Waals surface area contributed by atoms with Gasteiger partial charge in [-0.05, 0) is 36.6 Å². The third-order valence-electron chi connectivity index (χ3n) is 4.32. The molecule has 2 aromatic carbocycles. The molecule has 7 heteroatoms. The molecule has 0 aliphatic carbocycles. The maximum Gasteiger partial charge on any atom is 0.303 e. The van der Waals surface area contributed by atoms with Crippen LogP contribution in [0.4, 0.5) is 0 Å². The van der Waals surface area contributed by atoms with Crippen LogP contribution in [0.2, 0.25) is 5.02 Å². The Labute approximate surface area is 186 Å². The summed E-state index contributed by atoms with van der Waals surface area (Å²) < 4.78 is 0. The third kappa shape index (κ3) is 8.88. The van der Waals surface area contributed by atoms with Crippen molar-refractivity contribution >= 4 is 35.5 Å². The highest BCUT2D eigenvalue weighted by Gasteiger charge is 2.15. The van der Waals surface area contributed by atoms with Gasteiger partial charge >= 0.3 is 5.97 Å². The van der Waals surface area contributed by atoms with E-state index in [1.165, 1.54) is 6.08 Å². The predicted octanol–water partition coefficient (Wildman–Crippen LogP) is 4.43. The molecule has 6 nitrogen and oxygen atoms in total. The molecule has 31 heavy (non-hydrogen) atoms. The van der Waals surface area contributed by atoms with Gasteiger partial charge in [0.1, 0.15) is 5.70 Å². The van der Waals surface area contributed by atoms with Crippen molar-refractivity contribution in [2.75, 3.05) is 6.54 Å². The molecule has 0 saturated heterocycles. The standard InChI is InChI=1S/C24H25ClN2O4/c25-20-14-7-6-13-19(20)23(30)27-21(15-9-12-18-10-3-1-4-11-18)24(31)26-17-8-2-5-16-22(28)29/h1,3-4,6-7,9-15H,2,5,8,16-17H2,(H,26,31)(H,27,30)(H,28,29). The van der Waals surface area contributed by atoms with Crippen molar-refractivity contribution in [1.29, 1.82) is 0 Å². The zero-order valence-electron chi connectivity index (χ0n) is 17.0. The second-order valence-corrected chi connectivity index (χ2v) is 7.15. The van der Waals surface area contributed by atoms with Crippen molar-refractivity contribution in [2.45, 2.75) is 25.7 Å². The molecule has 0 saturated carbocycles. The number of unbranched alkanes of at least 4 members (excludes halogenated alkanes) is 2. The number of hydrogen-bond donors (Lipinski definition) is 3. The van der Waals surface area contributed by atoms with Crippen LogP contribution in [-0.2, 0) is 9.59 Å². The van der Waals surface area contributed by atoms with Gasteiger partial charge in [0, 0.05) is 13.0 Å². The van der Waals surface area contributed by atoms with Gasteiger partial charge in [0.15, 0.2) is 0 Å². The lowest BCUT2D eigenvalue weighted by Crippen LogP contribution is -2.35. The van der Waals surface area contributed by atoms with Crippen LogP contribution in [0.1, 0.15) is 41.6 Å². The van der Waals surface area contributed by atoms with E-state index in [2.05, 4.69) is 10.6 Å². The van der Waals surface area contributed by atoms with Crippen LogP contribution in [0, 0.1) is 0 Å². The van der Waals surface area contributed by atoms with Gasteiger partial charge in [-0.3, -0.25) is 14.4 Å². The highest BCUT2D eigenvalue weighted by atomic mass is 35.5. The summed E-state index contributed by atoms with van der Waals surface area (Å²) in [5.41, 5.74) is 1.31. The summed E-state index contributed by atoms with van der Waals surface area (Å²) in [4.78, 5) is 35.8. The Morgan fingerprint density at radius 3 is 2.35 bits per heavy atom. The molecule has 0 aliphatic rings. The summed E-state index contributed by atoms with van der Waals surface area (Å²) in [5.74, 6) is -1.75. The lowest BCUT2D eigenvalue weighted by molar-refractivity contribution is -0.137. The van der Waals surface area contributed by atoms with Crippen molar-refractivity contribution in [3.05, 3.63) is 88.6 Å². The molecule has 2 aromatic rings. The third-order valence-corrected chi connectivity index (χ3v) is 4.65. The number of nitrogens with one attached hydrogen (secondary N) is 2. The first-order valence-electron chi connectivity index (χ1n) is 9.96. The number of carbonyl (C=O) groups excluding carboxylic acids is 2. The quantitative estimate of drug-likeness (QED) is 0.273. The van der Waals surface area contributed by atoms with Gasteiger partial charge in [0.2, 0.25) is 0 Å². The molecule has 0 spiro atoms. The SMILES string of the molecule is O=C(O)CCCCCNC(=O)C(=CC=Cc1ccccc1)NC(=O)c1ccccc1Cl. The number of carboxylic acids is 1. The first-order valence-corrected chi connectivity index (χ1v) is 10.3. The molecule has 0 radical (unpaired) electrons. The van der Waals surface area contributed by atoms with Crippen LogP contribution in [0.3, 0.4) is 0 Å². The Kier molecular flexibility index (Phi) is 10.0. The average Bonchev–Trinajstić information content (AvgIpc) is 2.76. The van der Waals surface area contributed by atoms with Gasteiger partial charge in [-0.25, -0.2) is 0 Å². The summed E-state index contributed by atoms with van der Waals surface area (Å²) in [6, 6.07) is 16.1. The van der Waals surface area contributed by atoms with E-state index >= 15 is 0 Å². The molecule has 0 atom stereocenters. The summed E-state index contributed by atoms with van der Waals surface area (Å²) in [6.45, 7) is 0.375. The molecule has 0 unspecified atom stereocenters. The van der Waals surface area contributed by atoms with Crippen LogP contribution >= 0.6 is 11.6 Å². The summed E-state index contributed by atoms with van der Waals surface area (Å²) >= 11 is 6.08. The Hall–Kier alpha value is -3.38. The number of hydrogen-bond acceptors (Lipinski definition) is 3. The highest BCUT2D eigenvalue weighted by molar-refractivity contribution is 6.34. The molecular weight excluding hydrogens is 416 g/mol. The number of halogens is 1. The summed E-state index contributed by atoms with van der Waals surface area (Å²) in [5, 5.41) is 14.3. The molecule has 2 amide bonds. The Morgan fingerprint density at radius 2 is 1.65 bits per heavy atom. The first kappa shape index (κ1) is 23.9. The highest BCUT2D eigenvalue weighted by Crippen LogP contribution is 2.15. The maximum atomic E-state index is 12.6. The summed E-state index contributed by atoms with van der Waals surface area (Å²) in [7, 11) is 0. The van der Waals surface area contributed by atoms with Crippen LogP contribution in [0.15, 0.2) is 72.4 Å². The molecule has 0 fully saturated rings. The minimum atomic E-state index is -0.832. The minimum Gasteiger partial charge on any atom is -0.481 e. The van der Waals surface area contributed by atoms with Crippen molar-refractivity contribution < 1.29 is 19.5 Å². The van der Waals surface area contributed by atoms with Gasteiger partial charge in [-0.2, -0.15) is 0 Å². The van der Waals surface area contributed by atoms with Gasteiger partial charge in [0.25, 0.3) is 11.8 Å². The van der Waals surface area contributed by atoms with Crippen LogP contribution in [-0.4, -0.2) is 29.4 Å². The second-order valence-electron chi connectivity index (χ2n) is 6.74. The Morgan fingerprint density at radius 1 is 0.935 bits per heavy atom. The van der Waals surface area contributed by atoms with E-state index in [0.717, 1.165) is 5.56 Å². The number of rotatable bonds is 11. The van der Waals surface area contributed by atoms with Gasteiger partial charge < -0.3 is 15.7 Å². The molecule has 0 bridgehead atoms. The second kappa shape index (κ2) is 13.0. The lowest BCUT2D eigenvalue weighted by Gasteiger charge is -2.11. The molecule has 3 N–H and O–H groups in total. The molecule has 0 heterocycles. The maximum absolute atomic E-state index is 12.6. The van der Waals surface area contributed by atoms with Gasteiger partial charge in [0.05, 0.1) is 10.6 Å². The number of allylic oxidation sites excluding steroid dienone is 2. The van der Waals surface area contributed by atoms with Gasteiger partial charge in [-0.1, -0.05) is 72.6 Å². The first-order chi connectivity index (χ1) is 15.0. The zero-order chi connectivity index (χ0) is 22.5. The van der Waals surface area contributed by atoms with E-state index in [1.807, 2.05) is 36.4 Å². The molecule has 162 valence electrons. The van der Waals surface area contributed by atoms with E-state index in [1.54, 1.807) is 30.3 Å². The van der Waals surface area contributed by atoms with Crippen molar-refractivity contribution in [3.63, 3.8) is 0 Å². The number of carbonyl (C=O) groups is 3. The predicted molar refractivity (Wildman–Crippen MR) is 122 cm³/mol. The van der Waals surface area contributed by atoms with Crippen LogP contribution < -0.4 is 10.6 Å². The number of carboxylic acid groups (broad SMARTS) is 1. The van der Waals surface area contributed by atoms with Crippen LogP contribution in [0.25, 0.3) is 6.08 Å². The zero-order valence-corrected chi connectivity index (χ0v) is 17.8. The fourth-order valence-electron chi connectivity index (χ4n) is 2.70. The van der Waals surface area contributed by atoms with Crippen molar-refractivity contribution in [2.24, 2.45) is 0 Å². The molecule has 2 rings (SSSR count). The molecule has 0 aliphatic heterocycles. The van der Waals surface area contributed by atoms with E-state index in [-0.39, 0.29) is 22.7 Å². The normalized spacial score (nSPS) is 11.3. The lowest BCUT2D eigenvalue weighted by atomic mass is 10.2. The van der Waals surface area contributed by atoms with Crippen molar-refractivity contribution in [3.8, 4) is 0 Å². The van der Waals surface area contributed by atoms with E-state index < -0.39 is 17.8 Å². The Balaban J connectivity index is 2.04. The van der Waals surface area contributed by atoms with Crippen molar-refractivity contribution in [1.82, 2.24) is 10.6 Å². The fraction of sp³-hybridized carbons (Fsp3) is 0.208. The number of aliphatic carboxylic acids is 1. The topological polar surface area (TPSA) is 95.5 Å². The van der Waals surface area contributed by atoms with Crippen LogP contribution in [0.5, 0.6) is 0 Å². The number of amides is 2. The fourth-order valence-corrected chi connectivity index (χ4v) is 2.93. The minimum absolute atomic E-state index is 0.0858. The average molecular weight is 441 g/mol. The monoisotopic (exact) mass is 440 g/mol. The molecular formula is C24H25ClN2O4. The Bertz CT molecular complexity index is 955. The van der Waals surface area contributed by atoms with E-state index in [4.69, 9.17) is 16.7 Å².